The minimum atomic E-state index is -0.925. The molecule has 0 bridgehead atoms. The maximum Gasteiger partial charge on any atom is 0.410 e. The minimum Gasteiger partial charge on any atom is -0.468 e. The molecule has 0 aliphatic carbocycles. The second kappa shape index (κ2) is 5.59. The molecule has 1 amide bonds. The summed E-state index contributed by atoms with van der Waals surface area (Å²) in [6.07, 6.45) is -0.370. The summed E-state index contributed by atoms with van der Waals surface area (Å²) in [4.78, 5) is 36.8. The summed E-state index contributed by atoms with van der Waals surface area (Å²) in [6, 6.07) is -0.552. The van der Waals surface area contributed by atoms with E-state index in [0.717, 1.165) is 0 Å². The summed E-state index contributed by atoms with van der Waals surface area (Å²) in [7, 11) is 1.23. The standard InChI is InChI=1S/C13H21NO5/c1-8-10(11(16)18-5)9(15)6-7-14(8)12(17)19-13(2,3)4/h8,10H,6-7H2,1-5H3/t8-,10?/m1/s1. The number of rotatable bonds is 1. The number of ether oxygens (including phenoxy) is 2. The largest absolute Gasteiger partial charge is 0.468 e. The van der Waals surface area contributed by atoms with Gasteiger partial charge < -0.3 is 14.4 Å². The zero-order valence-corrected chi connectivity index (χ0v) is 12.1. The maximum atomic E-state index is 12.0. The molecular formula is C13H21NO5. The average Bonchev–Trinajstić information content (AvgIpc) is 2.26. The lowest BCUT2D eigenvalue weighted by Gasteiger charge is -2.37. The Bertz CT molecular complexity index is 377. The van der Waals surface area contributed by atoms with Crippen LogP contribution in [0.4, 0.5) is 4.79 Å². The zero-order valence-electron chi connectivity index (χ0n) is 12.1. The van der Waals surface area contributed by atoms with Gasteiger partial charge in [-0.05, 0) is 27.7 Å². The van der Waals surface area contributed by atoms with Gasteiger partial charge in [0.25, 0.3) is 0 Å². The summed E-state index contributed by atoms with van der Waals surface area (Å²) >= 11 is 0. The highest BCUT2D eigenvalue weighted by atomic mass is 16.6. The van der Waals surface area contributed by atoms with Crippen molar-refractivity contribution in [3.8, 4) is 0 Å². The number of carbonyl (C=O) groups is 3. The second-order valence-electron chi connectivity index (χ2n) is 5.63. The van der Waals surface area contributed by atoms with Crippen LogP contribution in [0.3, 0.4) is 0 Å². The molecule has 108 valence electrons. The Kier molecular flexibility index (Phi) is 4.55. The number of methoxy groups -OCH3 is 1. The van der Waals surface area contributed by atoms with Gasteiger partial charge in [0.15, 0.2) is 5.78 Å². The quantitative estimate of drug-likeness (QED) is 0.532. The number of carbonyl (C=O) groups excluding carboxylic acids is 3. The van der Waals surface area contributed by atoms with Gasteiger partial charge in [-0.1, -0.05) is 0 Å². The molecule has 1 saturated heterocycles. The van der Waals surface area contributed by atoms with E-state index < -0.39 is 29.6 Å². The van der Waals surface area contributed by atoms with Gasteiger partial charge in [-0.2, -0.15) is 0 Å². The highest BCUT2D eigenvalue weighted by Gasteiger charge is 2.42. The van der Waals surface area contributed by atoms with Crippen LogP contribution in [0, 0.1) is 5.92 Å². The molecule has 19 heavy (non-hydrogen) atoms. The van der Waals surface area contributed by atoms with E-state index in [9.17, 15) is 14.4 Å². The molecule has 1 heterocycles. The Hall–Kier alpha value is -1.59. The van der Waals surface area contributed by atoms with Crippen molar-refractivity contribution >= 4 is 17.8 Å². The van der Waals surface area contributed by atoms with Gasteiger partial charge in [-0.25, -0.2) is 4.79 Å². The Morgan fingerprint density at radius 2 is 1.89 bits per heavy atom. The minimum absolute atomic E-state index is 0.142. The predicted molar refractivity (Wildman–Crippen MR) is 67.5 cm³/mol. The third-order valence-electron chi connectivity index (χ3n) is 3.00. The summed E-state index contributed by atoms with van der Waals surface area (Å²) in [5.41, 5.74) is -0.612. The second-order valence-corrected chi connectivity index (χ2v) is 5.63. The Morgan fingerprint density at radius 3 is 2.37 bits per heavy atom. The Labute approximate surface area is 113 Å². The van der Waals surface area contributed by atoms with Crippen molar-refractivity contribution in [2.24, 2.45) is 5.92 Å². The van der Waals surface area contributed by atoms with Crippen molar-refractivity contribution < 1.29 is 23.9 Å². The molecule has 1 rings (SSSR count). The van der Waals surface area contributed by atoms with E-state index in [2.05, 4.69) is 4.74 Å². The van der Waals surface area contributed by atoms with E-state index in [-0.39, 0.29) is 18.7 Å². The first-order valence-electron chi connectivity index (χ1n) is 6.27. The molecule has 1 unspecified atom stereocenters. The number of ketones is 1. The van der Waals surface area contributed by atoms with Crippen molar-refractivity contribution in [2.45, 2.75) is 45.8 Å². The van der Waals surface area contributed by atoms with Crippen LogP contribution in [0.2, 0.25) is 0 Å². The fraction of sp³-hybridized carbons (Fsp3) is 0.769. The molecule has 6 nitrogen and oxygen atoms in total. The van der Waals surface area contributed by atoms with Gasteiger partial charge in [0, 0.05) is 13.0 Å². The highest BCUT2D eigenvalue weighted by Crippen LogP contribution is 2.24. The fourth-order valence-electron chi connectivity index (χ4n) is 2.07. The van der Waals surface area contributed by atoms with Crippen molar-refractivity contribution in [2.75, 3.05) is 13.7 Å². The van der Waals surface area contributed by atoms with Gasteiger partial charge in [-0.15, -0.1) is 0 Å². The van der Waals surface area contributed by atoms with Crippen LogP contribution in [0.25, 0.3) is 0 Å². The van der Waals surface area contributed by atoms with Gasteiger partial charge in [0.1, 0.15) is 11.5 Å². The Morgan fingerprint density at radius 1 is 1.32 bits per heavy atom. The van der Waals surface area contributed by atoms with E-state index in [1.54, 1.807) is 27.7 Å². The number of Topliss-reactive ketones (excluding diaryl/α,β-unsaturated/α-hetero) is 1. The molecule has 0 aromatic carbocycles. The first kappa shape index (κ1) is 15.5. The van der Waals surface area contributed by atoms with Gasteiger partial charge in [0.05, 0.1) is 13.2 Å². The molecule has 1 fully saturated rings. The van der Waals surface area contributed by atoms with Crippen molar-refractivity contribution in [3.05, 3.63) is 0 Å². The number of hydrogen-bond acceptors (Lipinski definition) is 5. The smallest absolute Gasteiger partial charge is 0.410 e. The van der Waals surface area contributed by atoms with E-state index in [4.69, 9.17) is 4.74 Å². The first-order chi connectivity index (χ1) is 8.67. The molecule has 0 aromatic heterocycles. The lowest BCUT2D eigenvalue weighted by molar-refractivity contribution is -0.153. The van der Waals surface area contributed by atoms with Crippen LogP contribution < -0.4 is 0 Å². The summed E-state index contributed by atoms with van der Waals surface area (Å²) in [5, 5.41) is 0. The van der Waals surface area contributed by atoms with Crippen molar-refractivity contribution in [1.82, 2.24) is 4.90 Å². The number of amides is 1. The number of piperidine rings is 1. The topological polar surface area (TPSA) is 72.9 Å². The number of hydrogen-bond donors (Lipinski definition) is 0. The lowest BCUT2D eigenvalue weighted by atomic mass is 9.89. The van der Waals surface area contributed by atoms with Crippen LogP contribution in [0.5, 0.6) is 0 Å². The molecule has 1 aliphatic rings. The normalized spacial score (nSPS) is 24.1. The van der Waals surface area contributed by atoms with Crippen molar-refractivity contribution in [3.63, 3.8) is 0 Å². The van der Waals surface area contributed by atoms with E-state index in [1.165, 1.54) is 12.0 Å². The molecule has 0 saturated carbocycles. The fourth-order valence-corrected chi connectivity index (χ4v) is 2.07. The molecule has 6 heteroatoms. The van der Waals surface area contributed by atoms with Crippen LogP contribution in [0.15, 0.2) is 0 Å². The molecule has 0 aromatic rings. The molecule has 0 spiro atoms. The molecular weight excluding hydrogens is 250 g/mol. The lowest BCUT2D eigenvalue weighted by Crippen LogP contribution is -2.54. The third kappa shape index (κ3) is 3.68. The van der Waals surface area contributed by atoms with Gasteiger partial charge >= 0.3 is 12.1 Å². The molecule has 2 atom stereocenters. The summed E-state index contributed by atoms with van der Waals surface area (Å²) in [5.74, 6) is -1.73. The van der Waals surface area contributed by atoms with E-state index in [0.29, 0.717) is 0 Å². The first-order valence-corrected chi connectivity index (χ1v) is 6.27. The number of likely N-dealkylation sites (tertiary alicyclic amines) is 1. The zero-order chi connectivity index (χ0) is 14.8. The van der Waals surface area contributed by atoms with Crippen LogP contribution >= 0.6 is 0 Å². The van der Waals surface area contributed by atoms with E-state index >= 15 is 0 Å². The van der Waals surface area contributed by atoms with Crippen molar-refractivity contribution in [1.29, 1.82) is 0 Å². The highest BCUT2D eigenvalue weighted by molar-refractivity contribution is 6.01. The van der Waals surface area contributed by atoms with Gasteiger partial charge in [0.2, 0.25) is 0 Å². The molecule has 0 radical (unpaired) electrons. The Balaban J connectivity index is 2.84. The summed E-state index contributed by atoms with van der Waals surface area (Å²) in [6.45, 7) is 7.22. The van der Waals surface area contributed by atoms with Crippen LogP contribution in [-0.2, 0) is 19.1 Å². The number of nitrogens with zero attached hydrogens (tertiary/aromatic N) is 1. The SMILES string of the molecule is COC(=O)C1C(=O)CCN(C(=O)OC(C)(C)C)[C@@H]1C. The van der Waals surface area contributed by atoms with Crippen LogP contribution in [-0.4, -0.2) is 48.0 Å². The monoisotopic (exact) mass is 271 g/mol. The van der Waals surface area contributed by atoms with Crippen LogP contribution in [0.1, 0.15) is 34.1 Å². The molecule has 0 N–H and O–H groups in total. The molecule has 1 aliphatic heterocycles. The average molecular weight is 271 g/mol. The van der Waals surface area contributed by atoms with Gasteiger partial charge in [-0.3, -0.25) is 9.59 Å². The third-order valence-corrected chi connectivity index (χ3v) is 3.00. The predicted octanol–water partition coefficient (Wildman–Crippen LogP) is 1.37. The maximum absolute atomic E-state index is 12.0. The summed E-state index contributed by atoms with van der Waals surface area (Å²) < 4.78 is 9.89. The van der Waals surface area contributed by atoms with E-state index in [1.807, 2.05) is 0 Å². The number of esters is 1.